The first-order valence-corrected chi connectivity index (χ1v) is 6.25. The molecule has 0 fully saturated rings. The Kier molecular flexibility index (Phi) is 3.04. The predicted molar refractivity (Wildman–Crippen MR) is 70.5 cm³/mol. The van der Waals surface area contributed by atoms with Crippen molar-refractivity contribution in [1.82, 2.24) is 0 Å². The number of hydrogen-bond donors (Lipinski definition) is 1. The van der Waals surface area contributed by atoms with Gasteiger partial charge in [0, 0.05) is 10.9 Å². The van der Waals surface area contributed by atoms with E-state index in [1.165, 1.54) is 12.1 Å². The van der Waals surface area contributed by atoms with Crippen molar-refractivity contribution in [2.75, 3.05) is 0 Å². The molecule has 0 amide bonds. The highest BCUT2D eigenvalue weighted by Crippen LogP contribution is 2.38. The molecule has 0 aliphatic rings. The van der Waals surface area contributed by atoms with Crippen LogP contribution in [0.2, 0.25) is 0 Å². The van der Waals surface area contributed by atoms with Crippen molar-refractivity contribution < 1.29 is 8.81 Å². The van der Waals surface area contributed by atoms with Crippen molar-refractivity contribution in [2.45, 2.75) is 32.7 Å². The van der Waals surface area contributed by atoms with Crippen LogP contribution in [0.1, 0.15) is 32.1 Å². The van der Waals surface area contributed by atoms with Crippen molar-refractivity contribution in [1.29, 1.82) is 0 Å². The topological polar surface area (TPSA) is 39.2 Å². The van der Waals surface area contributed by atoms with Gasteiger partial charge >= 0.3 is 0 Å². The monoisotopic (exact) mass is 299 g/mol. The number of rotatable bonds is 1. The minimum absolute atomic E-state index is 0.132. The van der Waals surface area contributed by atoms with Gasteiger partial charge in [-0.3, -0.25) is 0 Å². The second kappa shape index (κ2) is 4.10. The number of nitrogens with two attached hydrogens (primary N) is 1. The molecule has 1 aromatic heterocycles. The molecule has 0 bridgehead atoms. The molecular formula is C13H15BrFNO. The van der Waals surface area contributed by atoms with Crippen LogP contribution in [0.3, 0.4) is 0 Å². The van der Waals surface area contributed by atoms with E-state index in [4.69, 9.17) is 10.2 Å². The Morgan fingerprint density at radius 2 is 2.00 bits per heavy atom. The highest BCUT2D eigenvalue weighted by molar-refractivity contribution is 9.10. The van der Waals surface area contributed by atoms with Crippen molar-refractivity contribution in [3.8, 4) is 0 Å². The van der Waals surface area contributed by atoms with E-state index in [2.05, 4.69) is 36.7 Å². The van der Waals surface area contributed by atoms with Gasteiger partial charge in [0.15, 0.2) is 0 Å². The lowest BCUT2D eigenvalue weighted by Gasteiger charge is -2.18. The molecule has 2 nitrogen and oxygen atoms in total. The van der Waals surface area contributed by atoms with Gasteiger partial charge in [-0.15, -0.1) is 0 Å². The van der Waals surface area contributed by atoms with Crippen LogP contribution in [0, 0.1) is 5.82 Å². The minimum Gasteiger partial charge on any atom is -0.458 e. The van der Waals surface area contributed by atoms with Gasteiger partial charge in [-0.2, -0.15) is 0 Å². The zero-order chi connectivity index (χ0) is 12.8. The summed E-state index contributed by atoms with van der Waals surface area (Å²) in [6.07, 6.45) is 0. The largest absolute Gasteiger partial charge is 0.458 e. The Hall–Kier alpha value is -0.870. The van der Waals surface area contributed by atoms with Crippen molar-refractivity contribution in [2.24, 2.45) is 5.73 Å². The number of halogens is 2. The molecule has 0 atom stereocenters. The standard InChI is InChI=1S/C13H15BrFNO/c1-13(2,3)11-8-4-7(15)5-9(14)12(8)17-10(11)6-16/h4-5H,6,16H2,1-3H3. The third kappa shape index (κ3) is 2.11. The Labute approximate surface area is 108 Å². The molecule has 1 aromatic carbocycles. The van der Waals surface area contributed by atoms with Gasteiger partial charge < -0.3 is 10.2 Å². The van der Waals surface area contributed by atoms with Crippen LogP contribution in [0.25, 0.3) is 11.0 Å². The quantitative estimate of drug-likeness (QED) is 0.861. The van der Waals surface area contributed by atoms with E-state index in [1.54, 1.807) is 0 Å². The van der Waals surface area contributed by atoms with Crippen molar-refractivity contribution in [3.05, 3.63) is 33.7 Å². The smallest absolute Gasteiger partial charge is 0.149 e. The average Bonchev–Trinajstić information content (AvgIpc) is 2.55. The second-order valence-electron chi connectivity index (χ2n) is 5.12. The zero-order valence-electron chi connectivity index (χ0n) is 10.1. The first-order valence-electron chi connectivity index (χ1n) is 5.45. The average molecular weight is 300 g/mol. The van der Waals surface area contributed by atoms with Crippen LogP contribution in [0.4, 0.5) is 4.39 Å². The van der Waals surface area contributed by atoms with E-state index in [0.29, 0.717) is 16.6 Å². The molecule has 1 heterocycles. The van der Waals surface area contributed by atoms with Crippen LogP contribution >= 0.6 is 15.9 Å². The third-order valence-electron chi connectivity index (χ3n) is 2.72. The third-order valence-corrected chi connectivity index (χ3v) is 3.31. The van der Waals surface area contributed by atoms with E-state index >= 15 is 0 Å². The first-order chi connectivity index (χ1) is 7.84. The number of furan rings is 1. The van der Waals surface area contributed by atoms with Gasteiger partial charge in [-0.25, -0.2) is 4.39 Å². The highest BCUT2D eigenvalue weighted by atomic mass is 79.9. The lowest BCUT2D eigenvalue weighted by atomic mass is 9.85. The van der Waals surface area contributed by atoms with Crippen LogP contribution in [-0.4, -0.2) is 0 Å². The summed E-state index contributed by atoms with van der Waals surface area (Å²) in [5.41, 5.74) is 7.21. The highest BCUT2D eigenvalue weighted by Gasteiger charge is 2.25. The molecule has 0 aliphatic carbocycles. The van der Waals surface area contributed by atoms with Crippen LogP contribution < -0.4 is 5.73 Å². The van der Waals surface area contributed by atoms with Gasteiger partial charge in [0.2, 0.25) is 0 Å². The molecule has 0 saturated heterocycles. The summed E-state index contributed by atoms with van der Waals surface area (Å²) in [5, 5.41) is 0.796. The van der Waals surface area contributed by atoms with E-state index < -0.39 is 0 Å². The number of fused-ring (bicyclic) bond motifs is 1. The molecule has 2 aromatic rings. The maximum atomic E-state index is 13.5. The lowest BCUT2D eigenvalue weighted by Crippen LogP contribution is -2.14. The summed E-state index contributed by atoms with van der Waals surface area (Å²) in [6.45, 7) is 6.51. The molecule has 0 unspecified atom stereocenters. The molecule has 0 aliphatic heterocycles. The van der Waals surface area contributed by atoms with Crippen molar-refractivity contribution in [3.63, 3.8) is 0 Å². The van der Waals surface area contributed by atoms with Gasteiger partial charge in [0.25, 0.3) is 0 Å². The van der Waals surface area contributed by atoms with Crippen LogP contribution in [0.15, 0.2) is 21.0 Å². The lowest BCUT2D eigenvalue weighted by molar-refractivity contribution is 0.510. The Morgan fingerprint density at radius 3 is 2.53 bits per heavy atom. The maximum Gasteiger partial charge on any atom is 0.149 e. The summed E-state index contributed by atoms with van der Waals surface area (Å²) in [6, 6.07) is 2.90. The molecule has 2 rings (SSSR count). The molecule has 17 heavy (non-hydrogen) atoms. The fourth-order valence-corrected chi connectivity index (χ4v) is 2.65. The molecule has 0 radical (unpaired) electrons. The molecule has 0 saturated carbocycles. The van der Waals surface area contributed by atoms with E-state index in [1.807, 2.05) is 0 Å². The van der Waals surface area contributed by atoms with Crippen LogP contribution in [-0.2, 0) is 12.0 Å². The molecule has 92 valence electrons. The Bertz CT molecular complexity index is 569. The fraction of sp³-hybridized carbons (Fsp3) is 0.385. The molecule has 2 N–H and O–H groups in total. The number of hydrogen-bond acceptors (Lipinski definition) is 2. The van der Waals surface area contributed by atoms with Gasteiger partial charge in [0.1, 0.15) is 17.2 Å². The first kappa shape index (κ1) is 12.6. The predicted octanol–water partition coefficient (Wildman–Crippen LogP) is 4.09. The fourth-order valence-electron chi connectivity index (χ4n) is 2.14. The molecule has 4 heteroatoms. The summed E-state index contributed by atoms with van der Waals surface area (Å²) in [7, 11) is 0. The molecule has 0 spiro atoms. The Morgan fingerprint density at radius 1 is 1.35 bits per heavy atom. The van der Waals surface area contributed by atoms with E-state index in [0.717, 1.165) is 16.7 Å². The summed E-state index contributed by atoms with van der Waals surface area (Å²) < 4.78 is 19.8. The summed E-state index contributed by atoms with van der Waals surface area (Å²) >= 11 is 3.32. The van der Waals surface area contributed by atoms with Crippen LogP contribution in [0.5, 0.6) is 0 Å². The van der Waals surface area contributed by atoms with Gasteiger partial charge in [-0.1, -0.05) is 20.8 Å². The van der Waals surface area contributed by atoms with Gasteiger partial charge in [0.05, 0.1) is 11.0 Å². The SMILES string of the molecule is CC(C)(C)c1c(CN)oc2c(Br)cc(F)cc12. The summed E-state index contributed by atoms with van der Waals surface area (Å²) in [4.78, 5) is 0. The van der Waals surface area contributed by atoms with Gasteiger partial charge in [-0.05, 0) is 33.5 Å². The number of benzene rings is 1. The van der Waals surface area contributed by atoms with E-state index in [9.17, 15) is 4.39 Å². The maximum absolute atomic E-state index is 13.5. The zero-order valence-corrected chi connectivity index (χ0v) is 11.7. The second-order valence-corrected chi connectivity index (χ2v) is 5.97. The van der Waals surface area contributed by atoms with E-state index in [-0.39, 0.29) is 11.2 Å². The van der Waals surface area contributed by atoms with Crippen molar-refractivity contribution >= 4 is 26.9 Å². The minimum atomic E-state index is -0.278. The summed E-state index contributed by atoms with van der Waals surface area (Å²) in [5.74, 6) is 0.443. The normalized spacial score (nSPS) is 12.4. The molecular weight excluding hydrogens is 285 g/mol. The Balaban J connectivity index is 2.88.